The Bertz CT molecular complexity index is 1170. The lowest BCUT2D eigenvalue weighted by Crippen LogP contribution is -2.09. The van der Waals surface area contributed by atoms with Gasteiger partial charge in [0.25, 0.3) is 0 Å². The molecule has 0 atom stereocenters. The Morgan fingerprint density at radius 1 is 1.03 bits per heavy atom. The van der Waals surface area contributed by atoms with Crippen LogP contribution in [0.5, 0.6) is 5.75 Å². The zero-order valence-corrected chi connectivity index (χ0v) is 17.1. The van der Waals surface area contributed by atoms with Crippen molar-refractivity contribution in [3.63, 3.8) is 0 Å². The van der Waals surface area contributed by atoms with Crippen molar-refractivity contribution < 1.29 is 9.47 Å². The first-order chi connectivity index (χ1) is 15.2. The predicted octanol–water partition coefficient (Wildman–Crippen LogP) is 3.38. The Morgan fingerprint density at radius 2 is 1.97 bits per heavy atom. The van der Waals surface area contributed by atoms with E-state index in [0.29, 0.717) is 48.6 Å². The highest BCUT2D eigenvalue weighted by Gasteiger charge is 2.09. The number of anilines is 4. The van der Waals surface area contributed by atoms with Crippen molar-refractivity contribution in [1.82, 2.24) is 19.9 Å². The van der Waals surface area contributed by atoms with Crippen molar-refractivity contribution in [2.45, 2.75) is 6.54 Å². The van der Waals surface area contributed by atoms with Crippen molar-refractivity contribution >= 4 is 34.0 Å². The lowest BCUT2D eigenvalue weighted by Gasteiger charge is -2.14. The van der Waals surface area contributed by atoms with Gasteiger partial charge >= 0.3 is 0 Å². The first-order valence-corrected chi connectivity index (χ1v) is 9.76. The number of methoxy groups -OCH3 is 1. The third-order valence-electron chi connectivity index (χ3n) is 4.52. The molecule has 0 amide bonds. The van der Waals surface area contributed by atoms with Gasteiger partial charge in [0.15, 0.2) is 17.5 Å². The van der Waals surface area contributed by atoms with Crippen LogP contribution in [0.2, 0.25) is 0 Å². The summed E-state index contributed by atoms with van der Waals surface area (Å²) in [4.78, 5) is 17.3. The molecule has 0 saturated carbocycles. The molecular weight excluding hydrogens is 394 g/mol. The van der Waals surface area contributed by atoms with Gasteiger partial charge in [-0.25, -0.2) is 9.97 Å². The largest absolute Gasteiger partial charge is 0.489 e. The fraction of sp³-hybridized carbons (Fsp3) is 0.182. The monoisotopic (exact) mass is 417 g/mol. The molecular formula is C22H23N7O2. The Balaban J connectivity index is 1.47. The molecule has 0 bridgehead atoms. The van der Waals surface area contributed by atoms with E-state index in [9.17, 15) is 0 Å². The zero-order chi connectivity index (χ0) is 21.5. The van der Waals surface area contributed by atoms with Crippen LogP contribution in [-0.4, -0.2) is 40.3 Å². The molecule has 3 aromatic heterocycles. The Hall–Kier alpha value is -3.98. The fourth-order valence-corrected chi connectivity index (χ4v) is 2.98. The molecule has 0 aliphatic rings. The molecule has 0 aliphatic heterocycles. The number of nitrogens with zero attached hydrogens (tertiary/aromatic N) is 4. The first-order valence-electron chi connectivity index (χ1n) is 9.76. The van der Waals surface area contributed by atoms with Crippen LogP contribution in [0.1, 0.15) is 5.56 Å². The summed E-state index contributed by atoms with van der Waals surface area (Å²) < 4.78 is 10.8. The molecule has 0 fully saturated rings. The van der Waals surface area contributed by atoms with E-state index < -0.39 is 0 Å². The normalized spacial score (nSPS) is 10.7. The summed E-state index contributed by atoms with van der Waals surface area (Å²) >= 11 is 0. The fourth-order valence-electron chi connectivity index (χ4n) is 2.98. The molecule has 0 saturated heterocycles. The van der Waals surface area contributed by atoms with Crippen LogP contribution in [0.15, 0.2) is 61.2 Å². The maximum absolute atomic E-state index is 6.02. The van der Waals surface area contributed by atoms with Gasteiger partial charge in [0, 0.05) is 37.5 Å². The van der Waals surface area contributed by atoms with Gasteiger partial charge in [-0.05, 0) is 23.8 Å². The van der Waals surface area contributed by atoms with E-state index in [1.165, 1.54) is 0 Å². The predicted molar refractivity (Wildman–Crippen MR) is 120 cm³/mol. The summed E-state index contributed by atoms with van der Waals surface area (Å²) in [6.45, 7) is 1.46. The second-order valence-corrected chi connectivity index (χ2v) is 6.71. The van der Waals surface area contributed by atoms with Crippen molar-refractivity contribution in [2.24, 2.45) is 0 Å². The van der Waals surface area contributed by atoms with Crippen LogP contribution in [0, 0.1) is 0 Å². The number of nitrogens with one attached hydrogen (secondary N) is 2. The number of hydrogen-bond acceptors (Lipinski definition) is 9. The summed E-state index contributed by atoms with van der Waals surface area (Å²) in [7, 11) is 1.63. The number of nitrogens with two attached hydrogens (primary N) is 1. The number of hydrogen-bond donors (Lipinski definition) is 3. The van der Waals surface area contributed by atoms with E-state index in [1.54, 1.807) is 38.0 Å². The molecule has 1 aromatic carbocycles. The summed E-state index contributed by atoms with van der Waals surface area (Å²) in [5.41, 5.74) is 8.74. The van der Waals surface area contributed by atoms with Crippen molar-refractivity contribution in [3.8, 4) is 5.75 Å². The highest BCUT2D eigenvalue weighted by Crippen LogP contribution is 2.27. The van der Waals surface area contributed by atoms with Gasteiger partial charge in [0.05, 0.1) is 24.5 Å². The SMILES string of the molecule is COCCOc1ccncc1Nc1cnc(N)c(NCc2ccc3ncccc3c2)n1. The molecule has 4 rings (SSSR count). The van der Waals surface area contributed by atoms with Crippen LogP contribution in [0.3, 0.4) is 0 Å². The maximum Gasteiger partial charge on any atom is 0.171 e. The highest BCUT2D eigenvalue weighted by molar-refractivity contribution is 5.79. The van der Waals surface area contributed by atoms with E-state index in [2.05, 4.69) is 36.6 Å². The van der Waals surface area contributed by atoms with Crippen LogP contribution >= 0.6 is 0 Å². The van der Waals surface area contributed by atoms with E-state index in [-0.39, 0.29) is 0 Å². The van der Waals surface area contributed by atoms with Crippen molar-refractivity contribution in [3.05, 3.63) is 66.7 Å². The smallest absolute Gasteiger partial charge is 0.171 e. The van der Waals surface area contributed by atoms with Gasteiger partial charge in [-0.2, -0.15) is 0 Å². The number of aromatic nitrogens is 4. The van der Waals surface area contributed by atoms with E-state index in [1.807, 2.05) is 24.3 Å². The number of benzene rings is 1. The summed E-state index contributed by atoms with van der Waals surface area (Å²) in [5.74, 6) is 1.96. The van der Waals surface area contributed by atoms with Crippen molar-refractivity contribution in [1.29, 1.82) is 0 Å². The number of ether oxygens (including phenoxy) is 2. The van der Waals surface area contributed by atoms with Gasteiger partial charge < -0.3 is 25.8 Å². The first kappa shape index (κ1) is 20.3. The molecule has 4 N–H and O–H groups in total. The lowest BCUT2D eigenvalue weighted by molar-refractivity contribution is 0.146. The molecule has 4 aromatic rings. The summed E-state index contributed by atoms with van der Waals surface area (Å²) in [6.07, 6.45) is 6.67. The second-order valence-electron chi connectivity index (χ2n) is 6.71. The molecule has 3 heterocycles. The van der Waals surface area contributed by atoms with E-state index >= 15 is 0 Å². The molecule has 9 heteroatoms. The Kier molecular flexibility index (Phi) is 6.34. The van der Waals surface area contributed by atoms with Crippen LogP contribution in [0.4, 0.5) is 23.1 Å². The highest BCUT2D eigenvalue weighted by atomic mass is 16.5. The van der Waals surface area contributed by atoms with Crippen LogP contribution in [-0.2, 0) is 11.3 Å². The van der Waals surface area contributed by atoms with Gasteiger partial charge in [0.1, 0.15) is 18.0 Å². The Morgan fingerprint density at radius 3 is 2.87 bits per heavy atom. The molecule has 31 heavy (non-hydrogen) atoms. The molecule has 9 nitrogen and oxygen atoms in total. The average Bonchev–Trinajstić information content (AvgIpc) is 2.80. The summed E-state index contributed by atoms with van der Waals surface area (Å²) in [6, 6.07) is 11.8. The topological polar surface area (TPSA) is 120 Å². The standard InChI is InChI=1S/C22H23N7O2/c1-30-9-10-31-19-6-8-24-13-18(19)28-20-14-26-21(23)22(29-20)27-12-15-4-5-17-16(11-15)3-2-7-25-17/h2-8,11,13-14H,9-10,12H2,1H3,(H2,23,26)(H2,27,28,29). The number of rotatable bonds is 9. The zero-order valence-electron chi connectivity index (χ0n) is 17.1. The quantitative estimate of drug-likeness (QED) is 0.352. The minimum Gasteiger partial charge on any atom is -0.489 e. The third-order valence-corrected chi connectivity index (χ3v) is 4.52. The number of nitrogen functional groups attached to an aromatic ring is 1. The molecule has 0 spiro atoms. The van der Waals surface area contributed by atoms with E-state index in [4.69, 9.17) is 15.2 Å². The summed E-state index contributed by atoms with van der Waals surface area (Å²) in [5, 5.41) is 7.52. The molecule has 0 aliphatic carbocycles. The molecule has 0 unspecified atom stereocenters. The van der Waals surface area contributed by atoms with E-state index in [0.717, 1.165) is 16.5 Å². The second kappa shape index (κ2) is 9.68. The minimum atomic E-state index is 0.316. The minimum absolute atomic E-state index is 0.316. The average molecular weight is 417 g/mol. The third kappa shape index (κ3) is 5.14. The number of pyridine rings is 2. The maximum atomic E-state index is 6.02. The van der Waals surface area contributed by atoms with Crippen LogP contribution in [0.25, 0.3) is 10.9 Å². The van der Waals surface area contributed by atoms with Gasteiger partial charge in [0.2, 0.25) is 0 Å². The number of fused-ring (bicyclic) bond motifs is 1. The van der Waals surface area contributed by atoms with Gasteiger partial charge in [-0.1, -0.05) is 12.1 Å². The van der Waals surface area contributed by atoms with Gasteiger partial charge in [-0.15, -0.1) is 0 Å². The van der Waals surface area contributed by atoms with Crippen molar-refractivity contribution in [2.75, 3.05) is 36.7 Å². The lowest BCUT2D eigenvalue weighted by atomic mass is 10.1. The Labute approximate surface area is 179 Å². The molecule has 158 valence electrons. The molecule has 0 radical (unpaired) electrons. The van der Waals surface area contributed by atoms with Crippen LogP contribution < -0.4 is 21.1 Å². The van der Waals surface area contributed by atoms with Gasteiger partial charge in [-0.3, -0.25) is 9.97 Å².